The van der Waals surface area contributed by atoms with Crippen LogP contribution in [0.4, 0.5) is 4.79 Å². The first-order valence-electron chi connectivity index (χ1n) is 7.92. The van der Waals surface area contributed by atoms with Gasteiger partial charge in [0.25, 0.3) is 0 Å². The number of hydrogen-bond acceptors (Lipinski definition) is 3. The fourth-order valence-electron chi connectivity index (χ4n) is 2.86. The summed E-state index contributed by atoms with van der Waals surface area (Å²) in [5.74, 6) is 1.69. The summed E-state index contributed by atoms with van der Waals surface area (Å²) in [5, 5.41) is 5.78. The van der Waals surface area contributed by atoms with E-state index < -0.39 is 0 Å². The molecular formula is C16H27N3O2. The number of piperidine rings is 1. The number of amides is 2. The van der Waals surface area contributed by atoms with Crippen LogP contribution in [0.1, 0.15) is 38.9 Å². The predicted molar refractivity (Wildman–Crippen MR) is 83.0 cm³/mol. The van der Waals surface area contributed by atoms with Gasteiger partial charge in [0.1, 0.15) is 5.76 Å². The molecule has 1 aliphatic heterocycles. The summed E-state index contributed by atoms with van der Waals surface area (Å²) in [7, 11) is 0. The van der Waals surface area contributed by atoms with Gasteiger partial charge in [-0.25, -0.2) is 4.79 Å². The Morgan fingerprint density at radius 2 is 2.38 bits per heavy atom. The molecule has 2 heterocycles. The molecule has 5 nitrogen and oxygen atoms in total. The molecule has 2 amide bonds. The fraction of sp³-hybridized carbons (Fsp3) is 0.688. The molecule has 0 spiro atoms. The SMILES string of the molecule is CC(C)NC(=O)NCC[C@H]1CCCN(Cc2ccco2)C1. The van der Waals surface area contributed by atoms with Gasteiger partial charge in [0.05, 0.1) is 12.8 Å². The lowest BCUT2D eigenvalue weighted by Crippen LogP contribution is -2.41. The summed E-state index contributed by atoms with van der Waals surface area (Å²) in [6, 6.07) is 4.09. The van der Waals surface area contributed by atoms with Crippen molar-refractivity contribution in [3.05, 3.63) is 24.2 Å². The number of furan rings is 1. The van der Waals surface area contributed by atoms with Gasteiger partial charge >= 0.3 is 6.03 Å². The first-order chi connectivity index (χ1) is 10.1. The van der Waals surface area contributed by atoms with Gasteiger partial charge in [-0.05, 0) is 57.7 Å². The molecule has 0 radical (unpaired) electrons. The van der Waals surface area contributed by atoms with Crippen LogP contribution in [-0.2, 0) is 6.54 Å². The third-order valence-corrected chi connectivity index (χ3v) is 3.82. The number of urea groups is 1. The van der Waals surface area contributed by atoms with Crippen molar-refractivity contribution in [1.82, 2.24) is 15.5 Å². The summed E-state index contributed by atoms with van der Waals surface area (Å²) in [4.78, 5) is 14.0. The third-order valence-electron chi connectivity index (χ3n) is 3.82. The van der Waals surface area contributed by atoms with Gasteiger partial charge in [-0.15, -0.1) is 0 Å². The van der Waals surface area contributed by atoms with E-state index in [2.05, 4.69) is 15.5 Å². The number of carbonyl (C=O) groups excluding carboxylic acids is 1. The molecule has 2 rings (SSSR count). The summed E-state index contributed by atoms with van der Waals surface area (Å²) < 4.78 is 5.41. The Hall–Kier alpha value is -1.49. The Bertz CT molecular complexity index is 417. The normalized spacial score (nSPS) is 19.7. The third kappa shape index (κ3) is 5.79. The first-order valence-corrected chi connectivity index (χ1v) is 7.92. The maximum absolute atomic E-state index is 11.5. The van der Waals surface area contributed by atoms with E-state index in [4.69, 9.17) is 4.42 Å². The van der Waals surface area contributed by atoms with Gasteiger partial charge in [-0.1, -0.05) is 0 Å². The second-order valence-corrected chi connectivity index (χ2v) is 6.17. The molecule has 0 aromatic carbocycles. The molecule has 1 fully saturated rings. The van der Waals surface area contributed by atoms with Crippen LogP contribution >= 0.6 is 0 Å². The topological polar surface area (TPSA) is 57.5 Å². The zero-order valence-corrected chi connectivity index (χ0v) is 13.1. The second kappa shape index (κ2) is 8.08. The Morgan fingerprint density at radius 1 is 1.52 bits per heavy atom. The summed E-state index contributed by atoms with van der Waals surface area (Å²) in [5.41, 5.74) is 0. The average Bonchev–Trinajstić information content (AvgIpc) is 2.91. The van der Waals surface area contributed by atoms with Gasteiger partial charge in [-0.2, -0.15) is 0 Å². The molecule has 0 unspecified atom stereocenters. The van der Waals surface area contributed by atoms with E-state index >= 15 is 0 Å². The first kappa shape index (κ1) is 15.9. The molecule has 0 saturated carbocycles. The minimum absolute atomic E-state index is 0.0618. The van der Waals surface area contributed by atoms with Gasteiger partial charge in [-0.3, -0.25) is 4.90 Å². The van der Waals surface area contributed by atoms with E-state index in [1.54, 1.807) is 6.26 Å². The van der Waals surface area contributed by atoms with Crippen LogP contribution in [0, 0.1) is 5.92 Å². The van der Waals surface area contributed by atoms with Crippen LogP contribution in [0.15, 0.2) is 22.8 Å². The van der Waals surface area contributed by atoms with Crippen LogP contribution in [0.2, 0.25) is 0 Å². The van der Waals surface area contributed by atoms with E-state index in [0.717, 1.165) is 38.4 Å². The van der Waals surface area contributed by atoms with Crippen molar-refractivity contribution in [3.63, 3.8) is 0 Å². The summed E-state index contributed by atoms with van der Waals surface area (Å²) in [6.45, 7) is 7.80. The highest BCUT2D eigenvalue weighted by atomic mass is 16.3. The standard InChI is InChI=1S/C16H27N3O2/c1-13(2)18-16(20)17-8-7-14-5-3-9-19(11-14)12-15-6-4-10-21-15/h4,6,10,13-14H,3,5,7-9,11-12H2,1-2H3,(H2,17,18,20)/t14-/m1/s1. The van der Waals surface area contributed by atoms with Gasteiger partial charge in [0, 0.05) is 19.1 Å². The highest BCUT2D eigenvalue weighted by Crippen LogP contribution is 2.20. The lowest BCUT2D eigenvalue weighted by atomic mass is 9.95. The van der Waals surface area contributed by atoms with Crippen LogP contribution in [-0.4, -0.2) is 36.6 Å². The fourth-order valence-corrected chi connectivity index (χ4v) is 2.86. The largest absolute Gasteiger partial charge is 0.468 e. The van der Waals surface area contributed by atoms with Crippen molar-refractivity contribution >= 4 is 6.03 Å². The molecule has 0 aliphatic carbocycles. The van der Waals surface area contributed by atoms with Crippen molar-refractivity contribution in [2.24, 2.45) is 5.92 Å². The lowest BCUT2D eigenvalue weighted by Gasteiger charge is -2.32. The smallest absolute Gasteiger partial charge is 0.314 e. The summed E-state index contributed by atoms with van der Waals surface area (Å²) in [6.07, 6.45) is 5.25. The average molecular weight is 293 g/mol. The van der Waals surface area contributed by atoms with E-state index in [9.17, 15) is 4.79 Å². The van der Waals surface area contributed by atoms with Gasteiger partial charge < -0.3 is 15.1 Å². The molecule has 5 heteroatoms. The molecule has 118 valence electrons. The van der Waals surface area contributed by atoms with E-state index in [1.807, 2.05) is 26.0 Å². The number of likely N-dealkylation sites (tertiary alicyclic amines) is 1. The molecule has 1 saturated heterocycles. The van der Waals surface area contributed by atoms with Crippen LogP contribution in [0.3, 0.4) is 0 Å². The van der Waals surface area contributed by atoms with E-state index in [0.29, 0.717) is 5.92 Å². The molecule has 1 aliphatic rings. The molecular weight excluding hydrogens is 266 g/mol. The van der Waals surface area contributed by atoms with Crippen LogP contribution in [0.5, 0.6) is 0 Å². The second-order valence-electron chi connectivity index (χ2n) is 6.17. The van der Waals surface area contributed by atoms with Crippen molar-refractivity contribution in [1.29, 1.82) is 0 Å². The number of rotatable bonds is 6. The quantitative estimate of drug-likeness (QED) is 0.847. The molecule has 21 heavy (non-hydrogen) atoms. The highest BCUT2D eigenvalue weighted by molar-refractivity contribution is 5.73. The molecule has 1 atom stereocenters. The maximum Gasteiger partial charge on any atom is 0.314 e. The Labute approximate surface area is 127 Å². The maximum atomic E-state index is 11.5. The number of nitrogens with zero attached hydrogens (tertiary/aromatic N) is 1. The van der Waals surface area contributed by atoms with Crippen molar-refractivity contribution in [3.8, 4) is 0 Å². The molecule has 0 bridgehead atoms. The summed E-state index contributed by atoms with van der Waals surface area (Å²) >= 11 is 0. The van der Waals surface area contributed by atoms with Gasteiger partial charge in [0.15, 0.2) is 0 Å². The zero-order valence-electron chi connectivity index (χ0n) is 13.1. The zero-order chi connectivity index (χ0) is 15.1. The number of carbonyl (C=O) groups is 1. The van der Waals surface area contributed by atoms with Crippen LogP contribution < -0.4 is 10.6 Å². The molecule has 1 aromatic heterocycles. The van der Waals surface area contributed by atoms with E-state index in [-0.39, 0.29) is 12.1 Å². The number of nitrogens with one attached hydrogen (secondary N) is 2. The monoisotopic (exact) mass is 293 g/mol. The van der Waals surface area contributed by atoms with Crippen molar-refractivity contribution in [2.45, 2.75) is 45.7 Å². The van der Waals surface area contributed by atoms with Crippen molar-refractivity contribution < 1.29 is 9.21 Å². The predicted octanol–water partition coefficient (Wildman–Crippen LogP) is 2.59. The van der Waals surface area contributed by atoms with Crippen LogP contribution in [0.25, 0.3) is 0 Å². The highest BCUT2D eigenvalue weighted by Gasteiger charge is 2.20. The minimum Gasteiger partial charge on any atom is -0.468 e. The Kier molecular flexibility index (Phi) is 6.11. The number of hydrogen-bond donors (Lipinski definition) is 2. The minimum atomic E-state index is -0.0618. The molecule has 2 N–H and O–H groups in total. The van der Waals surface area contributed by atoms with Gasteiger partial charge in [0.2, 0.25) is 0 Å². The Morgan fingerprint density at radius 3 is 3.10 bits per heavy atom. The Balaban J connectivity index is 1.66. The van der Waals surface area contributed by atoms with Crippen molar-refractivity contribution in [2.75, 3.05) is 19.6 Å². The lowest BCUT2D eigenvalue weighted by molar-refractivity contribution is 0.151. The van der Waals surface area contributed by atoms with E-state index in [1.165, 1.54) is 12.8 Å². The molecule has 1 aromatic rings.